The van der Waals surface area contributed by atoms with Gasteiger partial charge in [0.15, 0.2) is 11.6 Å². The molecule has 1 atom stereocenters. The predicted molar refractivity (Wildman–Crippen MR) is 131 cm³/mol. The molecule has 40 heavy (non-hydrogen) atoms. The first kappa shape index (κ1) is 30.6. The zero-order valence-electron chi connectivity index (χ0n) is 20.8. The van der Waals surface area contributed by atoms with E-state index in [-0.39, 0.29) is 46.4 Å². The second kappa shape index (κ2) is 12.0. The minimum Gasteiger partial charge on any atom is -0.494 e. The van der Waals surface area contributed by atoms with Crippen molar-refractivity contribution in [2.24, 2.45) is 0 Å². The van der Waals surface area contributed by atoms with E-state index in [0.29, 0.717) is 0 Å². The Morgan fingerprint density at radius 1 is 1.05 bits per heavy atom. The van der Waals surface area contributed by atoms with E-state index in [9.17, 15) is 39.6 Å². The van der Waals surface area contributed by atoms with Gasteiger partial charge in [-0.1, -0.05) is 6.07 Å². The molecule has 0 saturated carbocycles. The number of carbonyl (C=O) groups is 1. The van der Waals surface area contributed by atoms with Crippen LogP contribution in [0.15, 0.2) is 59.5 Å². The lowest BCUT2D eigenvalue weighted by atomic mass is 10.0. The van der Waals surface area contributed by atoms with Crippen molar-refractivity contribution >= 4 is 21.6 Å². The Hall–Kier alpha value is -3.98. The summed E-state index contributed by atoms with van der Waals surface area (Å²) in [5.41, 5.74) is 0.447. The summed E-state index contributed by atoms with van der Waals surface area (Å²) in [5.74, 6) is -3.34. The number of amides is 1. The maximum Gasteiger partial charge on any atom is 0.423 e. The summed E-state index contributed by atoms with van der Waals surface area (Å²) in [6, 6.07) is 10.7. The summed E-state index contributed by atoms with van der Waals surface area (Å²) in [7, 11) is -1.86. The molecule has 1 aliphatic heterocycles. The highest BCUT2D eigenvalue weighted by Gasteiger charge is 2.43. The van der Waals surface area contributed by atoms with Crippen LogP contribution in [-0.4, -0.2) is 59.0 Å². The standard InChI is InChI=1S/C21H16F3NO4S.C4H6F3NO2/c1-28-21-12-15(4-6-18(21)24)30(26,27)25-8-9-29-20-7-2-13(10-19(20)25)16-11-14(22)3-5-17(16)23;1-8-3(10)2(9)4(5,6)7/h2-7,10-12H,8-9H2,1H3;2,9H,1H3,(H,8,10). The minimum atomic E-state index is -4.87. The molecule has 15 heteroatoms. The van der Waals surface area contributed by atoms with Gasteiger partial charge < -0.3 is 19.9 Å². The summed E-state index contributed by atoms with van der Waals surface area (Å²) >= 11 is 0. The van der Waals surface area contributed by atoms with Gasteiger partial charge in [0.2, 0.25) is 6.10 Å². The molecule has 2 N–H and O–H groups in total. The van der Waals surface area contributed by atoms with Crippen molar-refractivity contribution in [3.05, 3.63) is 72.0 Å². The van der Waals surface area contributed by atoms with E-state index >= 15 is 0 Å². The Kier molecular flexibility index (Phi) is 9.20. The van der Waals surface area contributed by atoms with Crippen molar-refractivity contribution in [3.8, 4) is 22.6 Å². The number of anilines is 1. The molecule has 0 aromatic heterocycles. The van der Waals surface area contributed by atoms with Crippen LogP contribution in [-0.2, 0) is 14.8 Å². The fourth-order valence-corrected chi connectivity index (χ4v) is 5.01. The number of carbonyl (C=O) groups excluding carboxylic acids is 1. The van der Waals surface area contributed by atoms with Crippen LogP contribution in [0, 0.1) is 17.5 Å². The van der Waals surface area contributed by atoms with Crippen LogP contribution in [0.4, 0.5) is 32.0 Å². The summed E-state index contributed by atoms with van der Waals surface area (Å²) in [6.07, 6.45) is -7.79. The summed E-state index contributed by atoms with van der Waals surface area (Å²) in [6.45, 7) is 0.0857. The molecule has 3 aromatic rings. The van der Waals surface area contributed by atoms with Gasteiger partial charge in [-0.05, 0) is 48.0 Å². The number of sulfonamides is 1. The predicted octanol–water partition coefficient (Wildman–Crippen LogP) is 4.02. The molecular weight excluding hydrogens is 570 g/mol. The Morgan fingerprint density at radius 3 is 2.33 bits per heavy atom. The largest absolute Gasteiger partial charge is 0.494 e. The van der Waals surface area contributed by atoms with E-state index in [4.69, 9.17) is 14.6 Å². The quantitative estimate of drug-likeness (QED) is 0.434. The molecule has 1 amide bonds. The molecule has 0 bridgehead atoms. The van der Waals surface area contributed by atoms with Gasteiger partial charge in [-0.25, -0.2) is 21.6 Å². The van der Waals surface area contributed by atoms with Crippen molar-refractivity contribution in [3.63, 3.8) is 0 Å². The average Bonchev–Trinajstić information content (AvgIpc) is 2.92. The first-order valence-corrected chi connectivity index (χ1v) is 12.7. The maximum absolute atomic E-state index is 14.2. The molecule has 1 unspecified atom stereocenters. The van der Waals surface area contributed by atoms with Gasteiger partial charge in [-0.15, -0.1) is 0 Å². The lowest BCUT2D eigenvalue weighted by Crippen LogP contribution is -2.42. The van der Waals surface area contributed by atoms with E-state index < -0.39 is 45.7 Å². The van der Waals surface area contributed by atoms with Crippen LogP contribution in [0.2, 0.25) is 0 Å². The van der Waals surface area contributed by atoms with Gasteiger partial charge in [0.1, 0.15) is 24.0 Å². The van der Waals surface area contributed by atoms with Crippen LogP contribution >= 0.6 is 0 Å². The summed E-state index contributed by atoms with van der Waals surface area (Å²) in [4.78, 5) is 9.91. The number of likely N-dealkylation sites (N-methyl/N-ethyl adjacent to an activating group) is 1. The number of rotatable bonds is 5. The fourth-order valence-electron chi connectivity index (χ4n) is 3.54. The first-order chi connectivity index (χ1) is 18.7. The fraction of sp³-hybridized carbons (Fsp3) is 0.240. The van der Waals surface area contributed by atoms with Crippen LogP contribution in [0.5, 0.6) is 11.5 Å². The number of hydrogen-bond acceptors (Lipinski definition) is 6. The van der Waals surface area contributed by atoms with Crippen LogP contribution in [0.3, 0.4) is 0 Å². The highest BCUT2D eigenvalue weighted by molar-refractivity contribution is 7.92. The maximum atomic E-state index is 14.2. The first-order valence-electron chi connectivity index (χ1n) is 11.3. The number of nitrogens with one attached hydrogen (secondary N) is 1. The number of aliphatic hydroxyl groups is 1. The van der Waals surface area contributed by atoms with Crippen LogP contribution in [0.1, 0.15) is 0 Å². The third-order valence-corrected chi connectivity index (χ3v) is 7.34. The van der Waals surface area contributed by atoms with Crippen molar-refractivity contribution in [2.45, 2.75) is 17.2 Å². The summed E-state index contributed by atoms with van der Waals surface area (Å²) < 4.78 is 114. The second-order valence-corrected chi connectivity index (χ2v) is 9.95. The third-order valence-electron chi connectivity index (χ3n) is 5.53. The smallest absolute Gasteiger partial charge is 0.423 e. The molecule has 1 heterocycles. The van der Waals surface area contributed by atoms with E-state index in [1.54, 1.807) is 5.32 Å². The zero-order chi connectivity index (χ0) is 29.8. The molecule has 4 rings (SSSR count). The molecule has 0 aliphatic carbocycles. The lowest BCUT2D eigenvalue weighted by molar-refractivity contribution is -0.204. The topological polar surface area (TPSA) is 105 Å². The van der Waals surface area contributed by atoms with Gasteiger partial charge >= 0.3 is 6.18 Å². The van der Waals surface area contributed by atoms with Gasteiger partial charge in [-0.3, -0.25) is 9.10 Å². The van der Waals surface area contributed by atoms with Crippen molar-refractivity contribution in [2.75, 3.05) is 31.6 Å². The molecule has 216 valence electrons. The second-order valence-electron chi connectivity index (χ2n) is 8.09. The van der Waals surface area contributed by atoms with Gasteiger partial charge in [0.25, 0.3) is 15.9 Å². The molecular formula is C25H22F6N2O6S. The van der Waals surface area contributed by atoms with Crippen LogP contribution in [0.25, 0.3) is 11.1 Å². The Bertz CT molecular complexity index is 1500. The molecule has 0 radical (unpaired) electrons. The van der Waals surface area contributed by atoms with Gasteiger partial charge in [0.05, 0.1) is 24.2 Å². The highest BCUT2D eigenvalue weighted by Crippen LogP contribution is 2.39. The van der Waals surface area contributed by atoms with Gasteiger partial charge in [-0.2, -0.15) is 13.2 Å². The number of ether oxygens (including phenoxy) is 2. The van der Waals surface area contributed by atoms with E-state index in [1.807, 2.05) is 0 Å². The Labute approximate surface area is 224 Å². The van der Waals surface area contributed by atoms with E-state index in [0.717, 1.165) is 47.8 Å². The number of benzene rings is 3. The molecule has 3 aromatic carbocycles. The molecule has 0 spiro atoms. The molecule has 8 nitrogen and oxygen atoms in total. The number of halogens is 6. The number of hydrogen-bond donors (Lipinski definition) is 2. The Balaban J connectivity index is 0.000000378. The SMILES string of the molecule is CNC(=O)C(O)C(F)(F)F.COc1cc(S(=O)(=O)N2CCOc3ccc(-c4cc(F)ccc4F)cc32)ccc1F. The van der Waals surface area contributed by atoms with Crippen molar-refractivity contribution < 1.29 is 54.1 Å². The number of alkyl halides is 3. The number of fused-ring (bicyclic) bond motifs is 1. The van der Waals surface area contributed by atoms with Gasteiger partial charge in [0, 0.05) is 18.7 Å². The van der Waals surface area contributed by atoms with Crippen LogP contribution < -0.4 is 19.1 Å². The number of nitrogens with zero attached hydrogens (tertiary/aromatic N) is 1. The monoisotopic (exact) mass is 592 g/mol. The summed E-state index contributed by atoms with van der Waals surface area (Å²) in [5, 5.41) is 9.78. The van der Waals surface area contributed by atoms with Crippen molar-refractivity contribution in [1.29, 1.82) is 0 Å². The highest BCUT2D eigenvalue weighted by atomic mass is 32.2. The number of methoxy groups -OCH3 is 1. The molecule has 1 aliphatic rings. The molecule has 0 fully saturated rings. The normalized spacial score (nSPS) is 13.8. The lowest BCUT2D eigenvalue weighted by Gasteiger charge is -2.31. The van der Waals surface area contributed by atoms with E-state index in [1.165, 1.54) is 25.3 Å². The van der Waals surface area contributed by atoms with E-state index in [2.05, 4.69) is 0 Å². The zero-order valence-corrected chi connectivity index (χ0v) is 21.6. The number of aliphatic hydroxyl groups excluding tert-OH is 1. The Morgan fingerprint density at radius 2 is 1.73 bits per heavy atom. The average molecular weight is 593 g/mol. The minimum absolute atomic E-state index is 0.00981. The van der Waals surface area contributed by atoms with Crippen molar-refractivity contribution in [1.82, 2.24) is 5.32 Å². The third kappa shape index (κ3) is 6.59. The molecule has 0 saturated heterocycles.